The molecule has 8 nitrogen and oxygen atoms in total. The van der Waals surface area contributed by atoms with Gasteiger partial charge in [-0.2, -0.15) is 23.7 Å². The Morgan fingerprint density at radius 2 is 0.854 bits per heavy atom. The van der Waals surface area contributed by atoms with Crippen molar-refractivity contribution in [1.82, 2.24) is 16.0 Å². The molecule has 0 bridgehead atoms. The maximum atomic E-state index is 15.1. The van der Waals surface area contributed by atoms with Gasteiger partial charge >= 0.3 is 0 Å². The predicted molar refractivity (Wildman–Crippen MR) is 303 cm³/mol. The Bertz CT molecular complexity index is 2370. The number of Topliss-reactive ketones (excluding diaryl/α,β-unsaturated/α-hetero) is 1. The number of ketones is 1. The van der Waals surface area contributed by atoms with Crippen LogP contribution >= 0.6 is 0 Å². The monoisotopic (exact) mass is 1650 g/mol. The van der Waals surface area contributed by atoms with Gasteiger partial charge in [0.1, 0.15) is 12.1 Å². The molecule has 10 fully saturated rings. The van der Waals surface area contributed by atoms with Crippen molar-refractivity contribution in [3.63, 3.8) is 0 Å². The average molecular weight is 1650 g/mol. The molecule has 82 heavy (non-hydrogen) atoms. The van der Waals surface area contributed by atoms with Crippen LogP contribution in [0.1, 0.15) is 218 Å². The van der Waals surface area contributed by atoms with Gasteiger partial charge in [-0.25, -0.2) is 0 Å². The Morgan fingerprint density at radius 3 is 1.22 bits per heavy atom. The van der Waals surface area contributed by atoms with E-state index in [1.807, 2.05) is 0 Å². The van der Waals surface area contributed by atoms with Crippen molar-refractivity contribution in [2.45, 2.75) is 231 Å². The van der Waals surface area contributed by atoms with Crippen LogP contribution in [-0.2, 0) is 248 Å². The zero-order valence-corrected chi connectivity index (χ0v) is 73.7. The number of nitrogens with one attached hydrogen (secondary N) is 3. The summed E-state index contributed by atoms with van der Waals surface area (Å²) in [5, 5.41) is 9.49. The summed E-state index contributed by atoms with van der Waals surface area (Å²) in [6.45, 7) is 40.8. The van der Waals surface area contributed by atoms with Crippen molar-refractivity contribution in [2.75, 3.05) is 13.1 Å². The summed E-state index contributed by atoms with van der Waals surface area (Å²) in [5.74, 6) is 3.94. The van der Waals surface area contributed by atoms with Crippen LogP contribution < -0.4 is 21.7 Å². The first-order valence-corrected chi connectivity index (χ1v) is 31.1. The second-order valence-electron chi connectivity index (χ2n) is 31.5. The maximum Gasteiger partial charge on any atom is 0.239 e. The smallest absolute Gasteiger partial charge is 0.239 e. The van der Waals surface area contributed by atoms with Crippen LogP contribution in [0.2, 0.25) is 0 Å². The third-order valence-corrected chi connectivity index (χ3v) is 28.2. The first-order chi connectivity index (χ1) is 34.9. The quantitative estimate of drug-likeness (QED) is 0.121. The molecule has 5 N–H and O–H groups in total. The van der Waals surface area contributed by atoms with Crippen molar-refractivity contribution in [1.29, 1.82) is 0 Å². The number of fused-ring (bicyclic) bond motifs is 14. The van der Waals surface area contributed by atoms with Gasteiger partial charge in [0.25, 0.3) is 0 Å². The number of carbonyl (C=O) groups excluding carboxylic acids is 4. The Morgan fingerprint density at radius 1 is 0.476 bits per heavy atom. The summed E-state index contributed by atoms with van der Waals surface area (Å²) >= 11 is 0. The Balaban J connectivity index is 0.00000252. The van der Waals surface area contributed by atoms with E-state index in [4.69, 9.17) is 5.73 Å². The first-order valence-electron chi connectivity index (χ1n) is 31.1. The molecular weight excluding hydrogens is 1550 g/mol. The zero-order chi connectivity index (χ0) is 54.5. The van der Waals surface area contributed by atoms with Gasteiger partial charge in [0.05, 0.1) is 10.8 Å². The Kier molecular flexibility index (Phi) is 29.1. The fourth-order valence-electron chi connectivity index (χ4n) is 24.2. The average Bonchev–Trinajstić information content (AvgIpc) is 3.93. The van der Waals surface area contributed by atoms with E-state index in [-0.39, 0.29) is 316 Å². The van der Waals surface area contributed by atoms with Gasteiger partial charge in [0, 0.05) is 242 Å². The number of hydrogen-bond acceptors (Lipinski definition) is 5. The zero-order valence-electron chi connectivity index (χ0n) is 53.8. The van der Waals surface area contributed by atoms with Crippen molar-refractivity contribution < 1.29 is 248 Å². The second kappa shape index (κ2) is 29.3. The van der Waals surface area contributed by atoms with E-state index in [0.717, 1.165) is 64.2 Å². The van der Waals surface area contributed by atoms with E-state index < -0.39 is 28.8 Å². The molecule has 10 saturated carbocycles. The van der Waals surface area contributed by atoms with E-state index >= 15 is 9.59 Å². The van der Waals surface area contributed by atoms with E-state index in [9.17, 15) is 9.59 Å². The van der Waals surface area contributed by atoms with E-state index in [1.165, 1.54) is 82.3 Å². The number of carbonyl (C=O) groups is 4. The SMILES string of the molecule is C=C(C)C1CCC2(C(=O)NCC(N)C(=O)NC(CNC(=O)C34CCC(C(=C)C)C3C3CCC5C6(C)CC[CH-]C(C)(C)C6CCC5(C)C3(C)CC4)C(C)=O)CCC3(C)C(CCC4C5(C)CC[CH-]C(C)(C)C5CCC43C)C12.[Y].[Y].[Y].[Y].[Y].[Y].[Y]. The normalized spacial score (nSPS) is 44.6. The summed E-state index contributed by atoms with van der Waals surface area (Å²) in [6, 6.07) is -1.98. The molecule has 0 aromatic heterocycles. The largest absolute Gasteiger partial charge is 0.354 e. The number of hydrogen-bond donors (Lipinski definition) is 4. The molecule has 10 aliphatic carbocycles. The molecule has 441 valence electrons. The van der Waals surface area contributed by atoms with Crippen LogP contribution in [0.5, 0.6) is 0 Å². The minimum Gasteiger partial charge on any atom is -0.354 e. The van der Waals surface area contributed by atoms with Crippen LogP contribution in [-0.4, -0.2) is 48.7 Å². The fraction of sp³-hybridized carbons (Fsp3) is 0.851. The first kappa shape index (κ1) is 81.5. The van der Waals surface area contributed by atoms with E-state index in [1.54, 1.807) is 0 Å². The molecule has 10 aliphatic rings. The van der Waals surface area contributed by atoms with Gasteiger partial charge in [-0.1, -0.05) is 131 Å². The standard InChI is InChI=1S/C67H106N4O4.7Y/c1-40(2)43-22-32-66(36-34-62(12)45(53(43)66)18-20-51-60(10)28-16-26-58(6,7)49(60)24-30-64(51,62)14)56(74)69-38-47(68)55(73)71-48(42(5)72)39-70-57(75)67-33-23-44(41(3)4)54(67)46-19-21-52-61(11)29-17-27-59(8,9)50(61)25-31-65(52,15)63(46,13)35-37-67;;;;;;;/h26-27,43-54H,1,3,16-25,28-39,68H2,2,4-15H3,(H,69,74)(H,70,75)(H,71,73);;;;;;;/q-2;;;;;;;. The van der Waals surface area contributed by atoms with Gasteiger partial charge in [-0.05, 0) is 190 Å². The van der Waals surface area contributed by atoms with Crippen molar-refractivity contribution >= 4 is 23.5 Å². The van der Waals surface area contributed by atoms with Crippen LogP contribution in [0.3, 0.4) is 0 Å². The summed E-state index contributed by atoms with van der Waals surface area (Å²) in [7, 11) is 0. The third kappa shape index (κ3) is 12.8. The van der Waals surface area contributed by atoms with Gasteiger partial charge in [0.2, 0.25) is 17.7 Å². The number of rotatable bonds is 11. The Hall–Kier alpha value is 5.25. The molecule has 0 heterocycles. The molecule has 3 amide bonds. The summed E-state index contributed by atoms with van der Waals surface area (Å²) < 4.78 is 0. The summed E-state index contributed by atoms with van der Waals surface area (Å²) in [5.41, 5.74) is 9.82. The Labute approximate surface area is 676 Å². The third-order valence-electron chi connectivity index (χ3n) is 28.2. The second-order valence-corrected chi connectivity index (χ2v) is 31.5. The van der Waals surface area contributed by atoms with Crippen molar-refractivity contribution in [2.24, 2.45) is 119 Å². The van der Waals surface area contributed by atoms with Gasteiger partial charge in [-0.15, -0.1) is 0 Å². The minimum atomic E-state index is -1.05. The molecule has 20 unspecified atom stereocenters. The molecule has 20 atom stereocenters. The van der Waals surface area contributed by atoms with Crippen molar-refractivity contribution in [3.8, 4) is 0 Å². The molecule has 10 rings (SSSR count). The van der Waals surface area contributed by atoms with Gasteiger partial charge < -0.3 is 34.5 Å². The molecule has 0 aromatic carbocycles. The van der Waals surface area contributed by atoms with E-state index in [2.05, 4.69) is 125 Å². The summed E-state index contributed by atoms with van der Waals surface area (Å²) in [6.07, 6.45) is 27.4. The topological polar surface area (TPSA) is 130 Å². The molecule has 0 aliphatic heterocycles. The fourth-order valence-corrected chi connectivity index (χ4v) is 24.2. The predicted octanol–water partition coefficient (Wildman–Crippen LogP) is 13.3. The van der Waals surface area contributed by atoms with Gasteiger partial charge in [0.15, 0.2) is 5.78 Å². The molecule has 0 saturated heterocycles. The summed E-state index contributed by atoms with van der Waals surface area (Å²) in [4.78, 5) is 57.5. The molecule has 0 aromatic rings. The van der Waals surface area contributed by atoms with Crippen LogP contribution in [0, 0.1) is 126 Å². The molecule has 0 spiro atoms. The number of allylic oxidation sites excluding steroid dienone is 2. The molecular formula is C67H106N4O4Y7-2. The van der Waals surface area contributed by atoms with Crippen LogP contribution in [0.15, 0.2) is 24.3 Å². The van der Waals surface area contributed by atoms with Crippen molar-refractivity contribution in [3.05, 3.63) is 37.1 Å². The van der Waals surface area contributed by atoms with Crippen LogP contribution in [0.25, 0.3) is 0 Å². The minimum absolute atomic E-state index is 0. The van der Waals surface area contributed by atoms with Crippen LogP contribution in [0.4, 0.5) is 0 Å². The van der Waals surface area contributed by atoms with E-state index in [0.29, 0.717) is 46.3 Å². The number of nitrogens with two attached hydrogens (primary N) is 1. The van der Waals surface area contributed by atoms with Gasteiger partial charge in [-0.3, -0.25) is 19.2 Å². The molecule has 7 radical (unpaired) electrons. The maximum absolute atomic E-state index is 15.1. The number of amides is 3. The molecule has 15 heteroatoms.